The zero-order valence-electron chi connectivity index (χ0n) is 15.2. The molecule has 0 aliphatic carbocycles. The van der Waals surface area contributed by atoms with E-state index in [1.54, 1.807) is 30.3 Å². The minimum absolute atomic E-state index is 0.0491. The fraction of sp³-hybridized carbons (Fsp3) is 0.0476. The Bertz CT molecular complexity index is 1170. The molecule has 1 heterocycles. The van der Waals surface area contributed by atoms with Gasteiger partial charge in [-0.05, 0) is 52.7 Å². The van der Waals surface area contributed by atoms with Crippen LogP contribution in [-0.2, 0) is 4.79 Å². The van der Waals surface area contributed by atoms with Crippen LogP contribution in [0.25, 0.3) is 17.4 Å². The molecule has 0 saturated heterocycles. The van der Waals surface area contributed by atoms with E-state index >= 15 is 0 Å². The van der Waals surface area contributed by atoms with E-state index in [0.717, 1.165) is 5.56 Å². The minimum Gasteiger partial charge on any atom is -0.457 e. The number of benzene rings is 2. The van der Waals surface area contributed by atoms with Crippen molar-refractivity contribution in [2.45, 2.75) is 6.92 Å². The molecule has 0 atom stereocenters. The molecule has 0 spiro atoms. The van der Waals surface area contributed by atoms with Gasteiger partial charge in [-0.2, -0.15) is 5.26 Å². The Morgan fingerprint density at radius 1 is 1.24 bits per heavy atom. The number of para-hydroxylation sites is 1. The van der Waals surface area contributed by atoms with Gasteiger partial charge in [0.05, 0.1) is 4.92 Å². The lowest BCUT2D eigenvalue weighted by molar-refractivity contribution is -0.384. The molecule has 7 nitrogen and oxygen atoms in total. The summed E-state index contributed by atoms with van der Waals surface area (Å²) in [5, 5.41) is 22.9. The number of nitrogens with one attached hydrogen (secondary N) is 1. The van der Waals surface area contributed by atoms with Gasteiger partial charge in [-0.1, -0.05) is 18.2 Å². The van der Waals surface area contributed by atoms with Crippen LogP contribution in [-0.4, -0.2) is 10.8 Å². The first kappa shape index (κ1) is 20.0. The summed E-state index contributed by atoms with van der Waals surface area (Å²) >= 11 is 3.30. The maximum absolute atomic E-state index is 12.4. The van der Waals surface area contributed by atoms with Crippen molar-refractivity contribution in [3.8, 4) is 17.4 Å². The third-order valence-corrected chi connectivity index (χ3v) is 4.76. The molecule has 3 aromatic rings. The maximum atomic E-state index is 12.4. The number of non-ortho nitro benzene ring substituents is 1. The molecule has 0 aliphatic heterocycles. The van der Waals surface area contributed by atoms with Crippen LogP contribution >= 0.6 is 15.9 Å². The van der Waals surface area contributed by atoms with E-state index in [1.165, 1.54) is 18.2 Å². The van der Waals surface area contributed by atoms with Gasteiger partial charge in [0.25, 0.3) is 11.6 Å². The molecule has 8 heteroatoms. The van der Waals surface area contributed by atoms with Gasteiger partial charge in [-0.3, -0.25) is 14.9 Å². The van der Waals surface area contributed by atoms with Gasteiger partial charge in [0.2, 0.25) is 0 Å². The number of nitro benzene ring substituents is 1. The molecule has 0 radical (unpaired) electrons. The van der Waals surface area contributed by atoms with Crippen molar-refractivity contribution >= 4 is 39.3 Å². The fourth-order valence-corrected chi connectivity index (χ4v) is 3.15. The molecule has 1 N–H and O–H groups in total. The van der Waals surface area contributed by atoms with E-state index < -0.39 is 10.8 Å². The predicted octanol–water partition coefficient (Wildman–Crippen LogP) is 5.47. The SMILES string of the molecule is Cc1ccccc1NC(=O)C(C#N)=Cc1ccc(-c2ccc([N+](=O)[O-])cc2Br)o1. The lowest BCUT2D eigenvalue weighted by atomic mass is 10.1. The van der Waals surface area contributed by atoms with Crippen molar-refractivity contribution in [2.24, 2.45) is 0 Å². The Morgan fingerprint density at radius 2 is 2.00 bits per heavy atom. The zero-order chi connectivity index (χ0) is 21.0. The smallest absolute Gasteiger partial charge is 0.270 e. The van der Waals surface area contributed by atoms with E-state index in [4.69, 9.17) is 4.42 Å². The van der Waals surface area contributed by atoms with Gasteiger partial charge in [0.1, 0.15) is 23.2 Å². The number of carbonyl (C=O) groups is 1. The standard InChI is InChI=1S/C21H14BrN3O4/c1-13-4-2-3-5-19(13)24-21(26)14(12-23)10-16-7-9-20(29-16)17-8-6-15(25(27)28)11-18(17)22/h2-11H,1H3,(H,24,26). The number of amides is 1. The van der Waals surface area contributed by atoms with Crippen molar-refractivity contribution in [1.29, 1.82) is 5.26 Å². The van der Waals surface area contributed by atoms with Gasteiger partial charge in [0.15, 0.2) is 0 Å². The Labute approximate surface area is 174 Å². The second-order valence-corrected chi connectivity index (χ2v) is 6.92. The number of halogens is 1. The number of hydrogen-bond donors (Lipinski definition) is 1. The zero-order valence-corrected chi connectivity index (χ0v) is 16.8. The summed E-state index contributed by atoms with van der Waals surface area (Å²) in [6.45, 7) is 1.85. The summed E-state index contributed by atoms with van der Waals surface area (Å²) in [6, 6.07) is 16.7. The monoisotopic (exact) mass is 451 g/mol. The van der Waals surface area contributed by atoms with Gasteiger partial charge >= 0.3 is 0 Å². The van der Waals surface area contributed by atoms with Crippen LogP contribution in [0, 0.1) is 28.4 Å². The Morgan fingerprint density at radius 3 is 2.66 bits per heavy atom. The third-order valence-electron chi connectivity index (χ3n) is 4.10. The lowest BCUT2D eigenvalue weighted by Gasteiger charge is -2.06. The van der Waals surface area contributed by atoms with E-state index in [2.05, 4.69) is 21.2 Å². The van der Waals surface area contributed by atoms with Crippen LogP contribution in [0.5, 0.6) is 0 Å². The summed E-state index contributed by atoms with van der Waals surface area (Å²) in [4.78, 5) is 22.8. The van der Waals surface area contributed by atoms with Crippen LogP contribution in [0.1, 0.15) is 11.3 Å². The summed E-state index contributed by atoms with van der Waals surface area (Å²) < 4.78 is 6.19. The number of aryl methyl sites for hydroxylation is 1. The van der Waals surface area contributed by atoms with Gasteiger partial charge in [-0.25, -0.2) is 0 Å². The molecule has 3 rings (SSSR count). The first-order valence-corrected chi connectivity index (χ1v) is 9.21. The van der Waals surface area contributed by atoms with Crippen molar-refractivity contribution in [3.05, 3.63) is 86.1 Å². The molecule has 0 unspecified atom stereocenters. The molecule has 0 saturated carbocycles. The van der Waals surface area contributed by atoms with Crippen molar-refractivity contribution in [3.63, 3.8) is 0 Å². The Hall–Kier alpha value is -3.70. The molecule has 0 aliphatic rings. The van der Waals surface area contributed by atoms with Gasteiger partial charge in [0, 0.05) is 33.9 Å². The summed E-state index contributed by atoms with van der Waals surface area (Å²) in [6.07, 6.45) is 1.34. The molecule has 2 aromatic carbocycles. The van der Waals surface area contributed by atoms with Crippen molar-refractivity contribution in [1.82, 2.24) is 0 Å². The van der Waals surface area contributed by atoms with Gasteiger partial charge < -0.3 is 9.73 Å². The molecule has 144 valence electrons. The average molecular weight is 452 g/mol. The number of anilines is 1. The molecule has 1 amide bonds. The largest absolute Gasteiger partial charge is 0.457 e. The second-order valence-electron chi connectivity index (χ2n) is 6.06. The van der Waals surface area contributed by atoms with E-state index in [1.807, 2.05) is 25.1 Å². The highest BCUT2D eigenvalue weighted by molar-refractivity contribution is 9.10. The summed E-state index contributed by atoms with van der Waals surface area (Å²) in [5.74, 6) is 0.202. The minimum atomic E-state index is -0.545. The van der Waals surface area contributed by atoms with Gasteiger partial charge in [-0.15, -0.1) is 0 Å². The lowest BCUT2D eigenvalue weighted by Crippen LogP contribution is -2.14. The highest BCUT2D eigenvalue weighted by atomic mass is 79.9. The number of nitriles is 1. The van der Waals surface area contributed by atoms with Crippen LogP contribution in [0.3, 0.4) is 0 Å². The number of rotatable bonds is 5. The number of nitrogens with zero attached hydrogens (tertiary/aromatic N) is 2. The highest BCUT2D eigenvalue weighted by Crippen LogP contribution is 2.33. The van der Waals surface area contributed by atoms with Crippen LogP contribution in [0.4, 0.5) is 11.4 Å². The number of furan rings is 1. The third kappa shape index (κ3) is 4.59. The second kappa shape index (κ2) is 8.54. The molecule has 29 heavy (non-hydrogen) atoms. The van der Waals surface area contributed by atoms with E-state index in [0.29, 0.717) is 27.2 Å². The highest BCUT2D eigenvalue weighted by Gasteiger charge is 2.15. The topological polar surface area (TPSA) is 109 Å². The van der Waals surface area contributed by atoms with Crippen molar-refractivity contribution in [2.75, 3.05) is 5.32 Å². The Kier molecular flexibility index (Phi) is 5.90. The quantitative estimate of drug-likeness (QED) is 0.239. The fourth-order valence-electron chi connectivity index (χ4n) is 2.59. The summed E-state index contributed by atoms with van der Waals surface area (Å²) in [5.41, 5.74) is 1.94. The first-order valence-electron chi connectivity index (χ1n) is 8.42. The number of carbonyl (C=O) groups excluding carboxylic acids is 1. The molecule has 0 bridgehead atoms. The molecular formula is C21H14BrN3O4. The normalized spacial score (nSPS) is 11.0. The van der Waals surface area contributed by atoms with Crippen LogP contribution in [0.2, 0.25) is 0 Å². The van der Waals surface area contributed by atoms with Crippen LogP contribution in [0.15, 0.2) is 69.1 Å². The predicted molar refractivity (Wildman–Crippen MR) is 112 cm³/mol. The van der Waals surface area contributed by atoms with E-state index in [-0.39, 0.29) is 11.3 Å². The first-order chi connectivity index (χ1) is 13.9. The summed E-state index contributed by atoms with van der Waals surface area (Å²) in [7, 11) is 0. The average Bonchev–Trinajstić information content (AvgIpc) is 3.16. The van der Waals surface area contributed by atoms with Crippen molar-refractivity contribution < 1.29 is 14.1 Å². The molecule has 0 fully saturated rings. The molecular weight excluding hydrogens is 438 g/mol. The number of nitro groups is 1. The Balaban J connectivity index is 1.84. The maximum Gasteiger partial charge on any atom is 0.270 e. The number of hydrogen-bond acceptors (Lipinski definition) is 5. The molecule has 1 aromatic heterocycles. The van der Waals surface area contributed by atoms with Crippen LogP contribution < -0.4 is 5.32 Å². The van der Waals surface area contributed by atoms with E-state index in [9.17, 15) is 20.2 Å².